The minimum atomic E-state index is -0.531. The molecule has 0 saturated carbocycles. The fourth-order valence-electron chi connectivity index (χ4n) is 3.32. The normalized spacial score (nSPS) is 12.6. The molecule has 0 saturated heterocycles. The van der Waals surface area contributed by atoms with Gasteiger partial charge in [-0.1, -0.05) is 12.6 Å². The molecular formula is C21H17N5O4. The largest absolute Gasteiger partial charge is 0.398 e. The number of rotatable bonds is 5. The van der Waals surface area contributed by atoms with Crippen molar-refractivity contribution in [2.24, 2.45) is 0 Å². The number of carbonyl (C=O) groups is 2. The highest BCUT2D eigenvalue weighted by Crippen LogP contribution is 2.32. The van der Waals surface area contributed by atoms with Gasteiger partial charge in [0, 0.05) is 17.8 Å². The van der Waals surface area contributed by atoms with Crippen molar-refractivity contribution in [1.29, 1.82) is 0 Å². The molecule has 30 heavy (non-hydrogen) atoms. The van der Waals surface area contributed by atoms with E-state index in [4.69, 9.17) is 0 Å². The van der Waals surface area contributed by atoms with Crippen molar-refractivity contribution >= 4 is 23.3 Å². The van der Waals surface area contributed by atoms with Gasteiger partial charge in [0.15, 0.2) is 0 Å². The van der Waals surface area contributed by atoms with E-state index in [1.165, 1.54) is 10.8 Å². The van der Waals surface area contributed by atoms with Crippen LogP contribution in [0, 0.1) is 10.1 Å². The third-order valence-corrected chi connectivity index (χ3v) is 4.79. The number of hydrogen-bond acceptors (Lipinski definition) is 5. The van der Waals surface area contributed by atoms with E-state index in [1.807, 2.05) is 0 Å². The van der Waals surface area contributed by atoms with Crippen LogP contribution < -0.4 is 10.6 Å². The first kappa shape index (κ1) is 19.1. The molecule has 150 valence electrons. The summed E-state index contributed by atoms with van der Waals surface area (Å²) in [4.78, 5) is 34.4. The number of nitrogens with zero attached hydrogens (tertiary/aromatic N) is 3. The van der Waals surface area contributed by atoms with Gasteiger partial charge in [-0.2, -0.15) is 0 Å². The van der Waals surface area contributed by atoms with Crippen LogP contribution in [0.1, 0.15) is 15.9 Å². The molecule has 0 spiro atoms. The maximum absolute atomic E-state index is 11.9. The fraction of sp³-hybridized carbons (Fsp3) is 0.0952. The Balaban J connectivity index is 1.71. The van der Waals surface area contributed by atoms with E-state index in [0.717, 1.165) is 5.56 Å². The minimum absolute atomic E-state index is 0.142. The highest BCUT2D eigenvalue weighted by Gasteiger charge is 2.25. The van der Waals surface area contributed by atoms with Crippen molar-refractivity contribution in [2.45, 2.75) is 6.42 Å². The van der Waals surface area contributed by atoms with Crippen molar-refractivity contribution in [3.05, 3.63) is 82.6 Å². The van der Waals surface area contributed by atoms with E-state index in [2.05, 4.69) is 22.3 Å². The summed E-state index contributed by atoms with van der Waals surface area (Å²) in [7, 11) is 0. The number of hydrogen-bond donors (Lipinski definition) is 2. The second kappa shape index (κ2) is 7.63. The zero-order valence-electron chi connectivity index (χ0n) is 15.8. The van der Waals surface area contributed by atoms with E-state index < -0.39 is 4.92 Å². The van der Waals surface area contributed by atoms with Crippen LogP contribution in [0.15, 0.2) is 61.3 Å². The Morgan fingerprint density at radius 1 is 1.23 bits per heavy atom. The second-order valence-electron chi connectivity index (χ2n) is 6.69. The molecule has 1 aromatic heterocycles. The lowest BCUT2D eigenvalue weighted by Gasteiger charge is -2.16. The first-order valence-corrected chi connectivity index (χ1v) is 9.15. The molecule has 2 amide bonds. The van der Waals surface area contributed by atoms with Crippen LogP contribution in [0.4, 0.5) is 11.5 Å². The molecule has 9 heteroatoms. The summed E-state index contributed by atoms with van der Waals surface area (Å²) in [6.45, 7) is 3.93. The lowest BCUT2D eigenvalue weighted by molar-refractivity contribution is -0.389. The van der Waals surface area contributed by atoms with Crippen molar-refractivity contribution in [3.63, 3.8) is 0 Å². The molecule has 2 heterocycles. The summed E-state index contributed by atoms with van der Waals surface area (Å²) in [6, 6.07) is 11.9. The van der Waals surface area contributed by atoms with Crippen LogP contribution in [-0.2, 0) is 11.2 Å². The summed E-state index contributed by atoms with van der Waals surface area (Å²) in [5, 5.41) is 21.1. The van der Waals surface area contributed by atoms with Gasteiger partial charge in [-0.15, -0.1) is 4.68 Å². The van der Waals surface area contributed by atoms with Crippen LogP contribution in [0.5, 0.6) is 0 Å². The Hall–Kier alpha value is -4.27. The zero-order chi connectivity index (χ0) is 21.3. The Morgan fingerprint density at radius 3 is 2.70 bits per heavy atom. The average Bonchev–Trinajstić information content (AvgIpc) is 3.20. The molecule has 0 fully saturated rings. The molecule has 1 aliphatic heterocycles. The Kier molecular flexibility index (Phi) is 4.85. The van der Waals surface area contributed by atoms with Gasteiger partial charge >= 0.3 is 5.82 Å². The fourth-order valence-corrected chi connectivity index (χ4v) is 3.32. The van der Waals surface area contributed by atoms with Crippen LogP contribution in [0.3, 0.4) is 0 Å². The van der Waals surface area contributed by atoms with Gasteiger partial charge in [0.05, 0.1) is 17.0 Å². The number of anilines is 1. The van der Waals surface area contributed by atoms with Crippen molar-refractivity contribution in [2.75, 3.05) is 11.9 Å². The van der Waals surface area contributed by atoms with Crippen molar-refractivity contribution in [3.8, 4) is 16.8 Å². The Labute approximate surface area is 171 Å². The quantitative estimate of drug-likeness (QED) is 0.386. The highest BCUT2D eigenvalue weighted by atomic mass is 16.6. The Bertz CT molecular complexity index is 1180. The van der Waals surface area contributed by atoms with Gasteiger partial charge in [0.25, 0.3) is 5.91 Å². The SMILES string of the molecule is C=CC(=O)Nc1ccc(-n2cc(-c3ccc4c(c3)CCNC4=O)c([N+](=O)[O-])n2)cc1. The van der Waals surface area contributed by atoms with Crippen LogP contribution in [0.25, 0.3) is 16.8 Å². The predicted molar refractivity (Wildman–Crippen MR) is 111 cm³/mol. The first-order valence-electron chi connectivity index (χ1n) is 9.15. The standard InChI is InChI=1S/C21H17N5O4/c1-2-19(27)23-15-4-6-16(7-5-15)25-12-18(20(24-25)26(29)30)13-3-8-17-14(11-13)9-10-22-21(17)28/h2-8,11-12H,1,9-10H2,(H,22,28)(H,23,27). The summed E-state index contributed by atoms with van der Waals surface area (Å²) in [5.41, 5.74) is 3.57. The van der Waals surface area contributed by atoms with Gasteiger partial charge in [-0.05, 0) is 64.9 Å². The molecule has 9 nitrogen and oxygen atoms in total. The maximum Gasteiger partial charge on any atom is 0.398 e. The third-order valence-electron chi connectivity index (χ3n) is 4.79. The smallest absolute Gasteiger partial charge is 0.358 e. The molecule has 0 radical (unpaired) electrons. The number of carbonyl (C=O) groups excluding carboxylic acids is 2. The number of nitrogens with one attached hydrogen (secondary N) is 2. The molecule has 0 unspecified atom stereocenters. The molecule has 1 aliphatic rings. The number of fused-ring (bicyclic) bond motifs is 1. The van der Waals surface area contributed by atoms with E-state index in [9.17, 15) is 19.7 Å². The molecule has 0 bridgehead atoms. The molecule has 2 N–H and O–H groups in total. The van der Waals surface area contributed by atoms with Gasteiger partial charge in [-0.3, -0.25) is 9.59 Å². The molecular weight excluding hydrogens is 386 g/mol. The van der Waals surface area contributed by atoms with E-state index in [1.54, 1.807) is 48.7 Å². The molecule has 4 rings (SSSR count). The molecule has 0 atom stereocenters. The van der Waals surface area contributed by atoms with E-state index in [-0.39, 0.29) is 17.6 Å². The lowest BCUT2D eigenvalue weighted by atomic mass is 9.96. The van der Waals surface area contributed by atoms with Gasteiger partial charge in [0.2, 0.25) is 5.91 Å². The topological polar surface area (TPSA) is 119 Å². The zero-order valence-corrected chi connectivity index (χ0v) is 15.8. The third kappa shape index (κ3) is 3.55. The molecule has 3 aromatic rings. The summed E-state index contributed by atoms with van der Waals surface area (Å²) in [6.07, 6.45) is 3.41. The van der Waals surface area contributed by atoms with Crippen molar-refractivity contribution < 1.29 is 14.5 Å². The summed E-state index contributed by atoms with van der Waals surface area (Å²) in [5.74, 6) is -0.753. The number of amides is 2. The summed E-state index contributed by atoms with van der Waals surface area (Å²) >= 11 is 0. The second-order valence-corrected chi connectivity index (χ2v) is 6.69. The first-order chi connectivity index (χ1) is 14.5. The van der Waals surface area contributed by atoms with Gasteiger partial charge < -0.3 is 20.7 Å². The molecule has 2 aromatic carbocycles. The lowest BCUT2D eigenvalue weighted by Crippen LogP contribution is -2.31. The highest BCUT2D eigenvalue weighted by molar-refractivity contribution is 5.99. The predicted octanol–water partition coefficient (Wildman–Crippen LogP) is 2.86. The van der Waals surface area contributed by atoms with Gasteiger partial charge in [-0.25, -0.2) is 0 Å². The average molecular weight is 403 g/mol. The monoisotopic (exact) mass is 403 g/mol. The Morgan fingerprint density at radius 2 is 2.00 bits per heavy atom. The van der Waals surface area contributed by atoms with Crippen molar-refractivity contribution in [1.82, 2.24) is 15.1 Å². The van der Waals surface area contributed by atoms with E-state index >= 15 is 0 Å². The van der Waals surface area contributed by atoms with Crippen LogP contribution >= 0.6 is 0 Å². The maximum atomic E-state index is 11.9. The van der Waals surface area contributed by atoms with Crippen LogP contribution in [-0.4, -0.2) is 33.1 Å². The van der Waals surface area contributed by atoms with E-state index in [0.29, 0.717) is 41.0 Å². The number of benzene rings is 2. The molecule has 0 aliphatic carbocycles. The van der Waals surface area contributed by atoms with Crippen LogP contribution in [0.2, 0.25) is 0 Å². The summed E-state index contributed by atoms with van der Waals surface area (Å²) < 4.78 is 1.42. The minimum Gasteiger partial charge on any atom is -0.358 e. The van der Waals surface area contributed by atoms with Gasteiger partial charge in [0.1, 0.15) is 5.56 Å². The number of aromatic nitrogens is 2. The number of nitro groups is 1.